The summed E-state index contributed by atoms with van der Waals surface area (Å²) in [6.07, 6.45) is 0. The minimum atomic E-state index is -3.77. The fourth-order valence-corrected chi connectivity index (χ4v) is 3.89. The Bertz CT molecular complexity index is 1210. The van der Waals surface area contributed by atoms with Crippen LogP contribution in [-0.2, 0) is 14.8 Å². The van der Waals surface area contributed by atoms with E-state index in [2.05, 4.69) is 10.6 Å². The normalized spacial score (nSPS) is 10.9. The number of nitrogens with one attached hydrogen (secondary N) is 2. The molecule has 0 radical (unpaired) electrons. The number of sulfonamides is 1. The quantitative estimate of drug-likeness (QED) is 0.433. The maximum atomic E-state index is 12.4. The molecule has 0 atom stereocenters. The molecule has 0 heterocycles. The summed E-state index contributed by atoms with van der Waals surface area (Å²) in [5.41, 5.74) is 1.58. The third-order valence-corrected chi connectivity index (χ3v) is 6.22. The lowest BCUT2D eigenvalue weighted by Crippen LogP contribution is -2.15. The predicted octanol–water partition coefficient (Wildman–Crippen LogP) is 3.33. The van der Waals surface area contributed by atoms with Crippen molar-refractivity contribution in [1.29, 1.82) is 0 Å². The van der Waals surface area contributed by atoms with Gasteiger partial charge in [-0.05, 0) is 66.7 Å². The fourth-order valence-electron chi connectivity index (χ4n) is 2.68. The number of carbonyl (C=O) groups is 2. The molecule has 3 aromatic carbocycles. The second-order valence-electron chi connectivity index (χ2n) is 6.62. The van der Waals surface area contributed by atoms with Gasteiger partial charge in [-0.2, -0.15) is 0 Å². The highest BCUT2D eigenvalue weighted by atomic mass is 32.2. The third kappa shape index (κ3) is 6.58. The van der Waals surface area contributed by atoms with Crippen molar-refractivity contribution in [3.63, 3.8) is 0 Å². The average molecular weight is 472 g/mol. The molecular formula is C22H21N3O5S2. The van der Waals surface area contributed by atoms with Gasteiger partial charge < -0.3 is 15.4 Å². The molecule has 0 aliphatic heterocycles. The molecule has 3 aromatic rings. The number of benzene rings is 3. The van der Waals surface area contributed by atoms with Crippen molar-refractivity contribution < 1.29 is 22.7 Å². The van der Waals surface area contributed by atoms with Gasteiger partial charge in [-0.1, -0.05) is 6.07 Å². The Labute approximate surface area is 190 Å². The molecule has 0 aromatic heterocycles. The van der Waals surface area contributed by atoms with Crippen LogP contribution < -0.4 is 20.5 Å². The molecule has 10 heteroatoms. The summed E-state index contributed by atoms with van der Waals surface area (Å²) in [5.74, 6) is 0.265. The summed E-state index contributed by atoms with van der Waals surface area (Å²) >= 11 is 1.33. The van der Waals surface area contributed by atoms with E-state index in [-0.39, 0.29) is 22.5 Å². The molecular weight excluding hydrogens is 450 g/mol. The number of hydrogen-bond donors (Lipinski definition) is 3. The van der Waals surface area contributed by atoms with Crippen molar-refractivity contribution in [3.8, 4) is 5.75 Å². The monoisotopic (exact) mass is 471 g/mol. The molecule has 0 saturated carbocycles. The van der Waals surface area contributed by atoms with E-state index in [0.29, 0.717) is 22.7 Å². The highest BCUT2D eigenvalue weighted by Crippen LogP contribution is 2.22. The standard InChI is InChI=1S/C22H21N3O5S2/c1-30-18-4-2-3-15(13-18)22(27)25-17-5-9-19(10-6-17)31-14-21(26)24-16-7-11-20(12-8-16)32(23,28)29/h2-13H,14H2,1H3,(H,24,26)(H,25,27)(H2,23,28,29). The molecule has 0 fully saturated rings. The lowest BCUT2D eigenvalue weighted by Gasteiger charge is -2.08. The van der Waals surface area contributed by atoms with Crippen LogP contribution in [0.5, 0.6) is 5.75 Å². The number of amides is 2. The van der Waals surface area contributed by atoms with E-state index >= 15 is 0 Å². The van der Waals surface area contributed by atoms with Crippen LogP contribution in [0.2, 0.25) is 0 Å². The topological polar surface area (TPSA) is 128 Å². The Kier molecular flexibility index (Phi) is 7.52. The summed E-state index contributed by atoms with van der Waals surface area (Å²) < 4.78 is 27.7. The summed E-state index contributed by atoms with van der Waals surface area (Å²) in [6.45, 7) is 0. The van der Waals surface area contributed by atoms with Gasteiger partial charge in [-0.3, -0.25) is 9.59 Å². The molecule has 8 nitrogen and oxygen atoms in total. The van der Waals surface area contributed by atoms with E-state index in [1.54, 1.807) is 48.5 Å². The van der Waals surface area contributed by atoms with Crippen molar-refractivity contribution >= 4 is 45.0 Å². The number of carbonyl (C=O) groups excluding carboxylic acids is 2. The fraction of sp³-hybridized carbons (Fsp3) is 0.0909. The van der Waals surface area contributed by atoms with Crippen molar-refractivity contribution in [1.82, 2.24) is 0 Å². The first-order valence-electron chi connectivity index (χ1n) is 9.35. The van der Waals surface area contributed by atoms with Gasteiger partial charge in [-0.15, -0.1) is 11.8 Å². The van der Waals surface area contributed by atoms with Crippen molar-refractivity contribution in [2.45, 2.75) is 9.79 Å². The number of methoxy groups -OCH3 is 1. The van der Waals surface area contributed by atoms with Crippen LogP contribution in [0.3, 0.4) is 0 Å². The first-order valence-corrected chi connectivity index (χ1v) is 11.9. The summed E-state index contributed by atoms with van der Waals surface area (Å²) in [6, 6.07) is 19.6. The summed E-state index contributed by atoms with van der Waals surface area (Å²) in [7, 11) is -2.23. The number of anilines is 2. The molecule has 0 spiro atoms. The molecule has 32 heavy (non-hydrogen) atoms. The maximum Gasteiger partial charge on any atom is 0.255 e. The smallest absolute Gasteiger partial charge is 0.255 e. The summed E-state index contributed by atoms with van der Waals surface area (Å²) in [5, 5.41) is 10.6. The zero-order valence-electron chi connectivity index (χ0n) is 17.1. The van der Waals surface area contributed by atoms with Crippen LogP contribution >= 0.6 is 11.8 Å². The van der Waals surface area contributed by atoms with Gasteiger partial charge in [0.25, 0.3) is 5.91 Å². The highest BCUT2D eigenvalue weighted by Gasteiger charge is 2.10. The van der Waals surface area contributed by atoms with Gasteiger partial charge in [0.1, 0.15) is 5.75 Å². The molecule has 0 aliphatic carbocycles. The molecule has 3 rings (SSSR count). The highest BCUT2D eigenvalue weighted by molar-refractivity contribution is 8.00. The van der Waals surface area contributed by atoms with Gasteiger partial charge in [0.15, 0.2) is 0 Å². The molecule has 4 N–H and O–H groups in total. The Balaban J connectivity index is 1.51. The van der Waals surface area contributed by atoms with Crippen molar-refractivity contribution in [3.05, 3.63) is 78.4 Å². The second kappa shape index (κ2) is 10.3. The lowest BCUT2D eigenvalue weighted by molar-refractivity contribution is -0.113. The molecule has 0 unspecified atom stereocenters. The minimum absolute atomic E-state index is 0.0246. The zero-order valence-corrected chi connectivity index (χ0v) is 18.7. The predicted molar refractivity (Wildman–Crippen MR) is 125 cm³/mol. The van der Waals surface area contributed by atoms with Gasteiger partial charge in [0, 0.05) is 21.8 Å². The number of ether oxygens (including phenoxy) is 1. The Morgan fingerprint density at radius 3 is 2.19 bits per heavy atom. The number of nitrogens with two attached hydrogens (primary N) is 1. The minimum Gasteiger partial charge on any atom is -0.497 e. The van der Waals surface area contributed by atoms with Crippen molar-refractivity contribution in [2.24, 2.45) is 5.14 Å². The van der Waals surface area contributed by atoms with Gasteiger partial charge >= 0.3 is 0 Å². The van der Waals surface area contributed by atoms with Crippen LogP contribution in [0.4, 0.5) is 11.4 Å². The van der Waals surface area contributed by atoms with Gasteiger partial charge in [-0.25, -0.2) is 13.6 Å². The number of primary sulfonamides is 1. The number of hydrogen-bond acceptors (Lipinski definition) is 6. The molecule has 0 aliphatic rings. The van der Waals surface area contributed by atoms with Crippen LogP contribution in [-0.4, -0.2) is 33.1 Å². The third-order valence-electron chi connectivity index (χ3n) is 4.28. The van der Waals surface area contributed by atoms with Crippen LogP contribution in [0.15, 0.2) is 82.6 Å². The van der Waals surface area contributed by atoms with E-state index in [1.807, 2.05) is 0 Å². The SMILES string of the molecule is COc1cccc(C(=O)Nc2ccc(SCC(=O)Nc3ccc(S(N)(=O)=O)cc3)cc2)c1. The zero-order chi connectivity index (χ0) is 23.1. The van der Waals surface area contributed by atoms with Crippen LogP contribution in [0.1, 0.15) is 10.4 Å². The number of thioether (sulfide) groups is 1. The molecule has 166 valence electrons. The van der Waals surface area contributed by atoms with Crippen LogP contribution in [0.25, 0.3) is 0 Å². The second-order valence-corrected chi connectivity index (χ2v) is 9.23. The first kappa shape index (κ1) is 23.3. The Hall–Kier alpha value is -3.34. The lowest BCUT2D eigenvalue weighted by atomic mass is 10.2. The molecule has 0 bridgehead atoms. The van der Waals surface area contributed by atoms with E-state index < -0.39 is 10.0 Å². The van der Waals surface area contributed by atoms with E-state index in [1.165, 1.54) is 43.1 Å². The Morgan fingerprint density at radius 1 is 0.938 bits per heavy atom. The van der Waals surface area contributed by atoms with E-state index in [4.69, 9.17) is 9.88 Å². The van der Waals surface area contributed by atoms with E-state index in [0.717, 1.165) is 4.90 Å². The molecule has 2 amide bonds. The van der Waals surface area contributed by atoms with Crippen molar-refractivity contribution in [2.75, 3.05) is 23.5 Å². The average Bonchev–Trinajstić information content (AvgIpc) is 2.78. The summed E-state index contributed by atoms with van der Waals surface area (Å²) in [4.78, 5) is 25.3. The van der Waals surface area contributed by atoms with E-state index in [9.17, 15) is 18.0 Å². The first-order chi connectivity index (χ1) is 15.2. The largest absolute Gasteiger partial charge is 0.497 e. The molecule has 0 saturated heterocycles. The van der Waals surface area contributed by atoms with Gasteiger partial charge in [0.2, 0.25) is 15.9 Å². The number of rotatable bonds is 8. The maximum absolute atomic E-state index is 12.4. The van der Waals surface area contributed by atoms with Gasteiger partial charge in [0.05, 0.1) is 17.8 Å². The van der Waals surface area contributed by atoms with Crippen LogP contribution in [0, 0.1) is 0 Å². The Morgan fingerprint density at radius 2 is 1.56 bits per heavy atom.